The molecule has 0 spiro atoms. The molecule has 0 nitrogen and oxygen atoms in total. The number of halogens is 3. The second-order valence-electron chi connectivity index (χ2n) is 3.06. The molecule has 0 aromatic carbocycles. The molecule has 0 aromatic heterocycles. The van der Waals surface area contributed by atoms with Gasteiger partial charge in [-0.25, -0.2) is 0 Å². The van der Waals surface area contributed by atoms with Crippen LogP contribution in [0.1, 0.15) is 25.7 Å². The number of thiol groups is 1. The molecule has 0 aliphatic heterocycles. The Bertz CT molecular complexity index is 132. The van der Waals surface area contributed by atoms with Crippen LogP contribution in [0.15, 0.2) is 0 Å². The second kappa shape index (κ2) is 3.25. The van der Waals surface area contributed by atoms with E-state index in [1.807, 2.05) is 0 Å². The molecular weight excluding hydrogens is 173 g/mol. The predicted molar refractivity (Wildman–Crippen MR) is 40.8 cm³/mol. The average molecular weight is 184 g/mol. The summed E-state index contributed by atoms with van der Waals surface area (Å²) in [5, 5.41) is -0.0459. The molecule has 0 aromatic rings. The van der Waals surface area contributed by atoms with Crippen molar-refractivity contribution < 1.29 is 13.2 Å². The monoisotopic (exact) mass is 184 g/mol. The van der Waals surface area contributed by atoms with Crippen molar-refractivity contribution in [3.05, 3.63) is 0 Å². The van der Waals surface area contributed by atoms with Gasteiger partial charge in [0.2, 0.25) is 0 Å². The molecule has 0 heterocycles. The van der Waals surface area contributed by atoms with Gasteiger partial charge in [-0.2, -0.15) is 25.8 Å². The lowest BCUT2D eigenvalue weighted by molar-refractivity contribution is -0.181. The summed E-state index contributed by atoms with van der Waals surface area (Å²) in [6.07, 6.45) is -2.01. The number of hydrogen-bond donors (Lipinski definition) is 1. The van der Waals surface area contributed by atoms with Gasteiger partial charge in [0.25, 0.3) is 0 Å². The van der Waals surface area contributed by atoms with Gasteiger partial charge in [-0.05, 0) is 19.3 Å². The van der Waals surface area contributed by atoms with E-state index in [2.05, 4.69) is 12.6 Å². The third-order valence-corrected chi connectivity index (χ3v) is 2.58. The molecule has 2 atom stereocenters. The van der Waals surface area contributed by atoms with E-state index < -0.39 is 12.1 Å². The lowest BCUT2D eigenvalue weighted by Gasteiger charge is -2.27. The molecule has 66 valence electrons. The van der Waals surface area contributed by atoms with Gasteiger partial charge in [0, 0.05) is 5.25 Å². The van der Waals surface area contributed by atoms with Crippen LogP contribution in [0.2, 0.25) is 0 Å². The maximum Gasteiger partial charge on any atom is 0.391 e. The van der Waals surface area contributed by atoms with E-state index in [0.29, 0.717) is 12.8 Å². The minimum Gasteiger partial charge on any atom is -0.176 e. The zero-order valence-electron chi connectivity index (χ0n) is 6.06. The van der Waals surface area contributed by atoms with Crippen molar-refractivity contribution in [1.29, 1.82) is 0 Å². The van der Waals surface area contributed by atoms with Crippen LogP contribution in [0.3, 0.4) is 0 Å². The van der Waals surface area contributed by atoms with Crippen molar-refractivity contribution in [1.82, 2.24) is 0 Å². The Kier molecular flexibility index (Phi) is 2.73. The fourth-order valence-electron chi connectivity index (χ4n) is 1.46. The molecule has 11 heavy (non-hydrogen) atoms. The van der Waals surface area contributed by atoms with E-state index in [-0.39, 0.29) is 11.7 Å². The smallest absolute Gasteiger partial charge is 0.176 e. The van der Waals surface area contributed by atoms with E-state index in [1.54, 1.807) is 0 Å². The highest BCUT2D eigenvalue weighted by Gasteiger charge is 2.41. The van der Waals surface area contributed by atoms with Crippen molar-refractivity contribution in [3.8, 4) is 0 Å². The molecule has 1 aliphatic carbocycles. The lowest BCUT2D eigenvalue weighted by Crippen LogP contribution is -2.28. The van der Waals surface area contributed by atoms with E-state index in [1.165, 1.54) is 0 Å². The standard InChI is InChI=1S/C7H11F3S/c8-7(9,10)5-2-1-3-6(11)4-5/h5-6,11H,1-4H2/t5-,6?/m0/s1. The van der Waals surface area contributed by atoms with Crippen LogP contribution in [0.4, 0.5) is 13.2 Å². The first-order chi connectivity index (χ1) is 5.00. The van der Waals surface area contributed by atoms with Crippen LogP contribution in [-0.4, -0.2) is 11.4 Å². The summed E-state index contributed by atoms with van der Waals surface area (Å²) in [4.78, 5) is 0. The Balaban J connectivity index is 2.46. The van der Waals surface area contributed by atoms with Gasteiger partial charge in [-0.3, -0.25) is 0 Å². The third kappa shape index (κ3) is 2.58. The van der Waals surface area contributed by atoms with Crippen LogP contribution in [0.5, 0.6) is 0 Å². The maximum atomic E-state index is 12.1. The Morgan fingerprint density at radius 3 is 2.18 bits per heavy atom. The zero-order chi connectivity index (χ0) is 8.48. The molecule has 1 aliphatic rings. The summed E-state index contributed by atoms with van der Waals surface area (Å²) < 4.78 is 36.2. The van der Waals surface area contributed by atoms with E-state index in [4.69, 9.17) is 0 Å². The van der Waals surface area contributed by atoms with Gasteiger partial charge in [0.05, 0.1) is 5.92 Å². The van der Waals surface area contributed by atoms with Crippen molar-refractivity contribution >= 4 is 12.6 Å². The minimum absolute atomic E-state index is 0.0459. The molecule has 0 radical (unpaired) electrons. The number of rotatable bonds is 0. The second-order valence-corrected chi connectivity index (χ2v) is 3.79. The first-order valence-electron chi connectivity index (χ1n) is 3.75. The summed E-state index contributed by atoms with van der Waals surface area (Å²) in [6, 6.07) is 0. The van der Waals surface area contributed by atoms with Gasteiger partial charge in [-0.15, -0.1) is 0 Å². The average Bonchev–Trinajstić information content (AvgIpc) is 1.86. The van der Waals surface area contributed by atoms with E-state index in [9.17, 15) is 13.2 Å². The molecule has 0 saturated heterocycles. The van der Waals surface area contributed by atoms with Gasteiger partial charge in [-0.1, -0.05) is 6.42 Å². The number of alkyl halides is 3. The van der Waals surface area contributed by atoms with Crippen LogP contribution >= 0.6 is 12.6 Å². The molecule has 1 saturated carbocycles. The fourth-order valence-corrected chi connectivity index (χ4v) is 1.90. The largest absolute Gasteiger partial charge is 0.391 e. The highest BCUT2D eigenvalue weighted by molar-refractivity contribution is 7.80. The molecule has 0 amide bonds. The summed E-state index contributed by atoms with van der Waals surface area (Å²) >= 11 is 4.05. The Morgan fingerprint density at radius 1 is 1.18 bits per heavy atom. The van der Waals surface area contributed by atoms with Crippen molar-refractivity contribution in [2.24, 2.45) is 5.92 Å². The normalized spacial score (nSPS) is 33.8. The van der Waals surface area contributed by atoms with Crippen molar-refractivity contribution in [2.45, 2.75) is 37.1 Å². The quantitative estimate of drug-likeness (QED) is 0.549. The fraction of sp³-hybridized carbons (Fsp3) is 1.00. The summed E-state index contributed by atoms with van der Waals surface area (Å²) in [6.45, 7) is 0. The molecule has 0 N–H and O–H groups in total. The Morgan fingerprint density at radius 2 is 1.82 bits per heavy atom. The maximum absolute atomic E-state index is 12.1. The Labute approximate surface area is 69.6 Å². The highest BCUT2D eigenvalue weighted by Crippen LogP contribution is 2.38. The highest BCUT2D eigenvalue weighted by atomic mass is 32.1. The third-order valence-electron chi connectivity index (χ3n) is 2.11. The van der Waals surface area contributed by atoms with Gasteiger partial charge in [0.15, 0.2) is 0 Å². The summed E-state index contributed by atoms with van der Waals surface area (Å²) in [7, 11) is 0. The van der Waals surface area contributed by atoms with Crippen LogP contribution in [-0.2, 0) is 0 Å². The van der Waals surface area contributed by atoms with E-state index >= 15 is 0 Å². The first-order valence-corrected chi connectivity index (χ1v) is 4.26. The van der Waals surface area contributed by atoms with E-state index in [0.717, 1.165) is 6.42 Å². The van der Waals surface area contributed by atoms with Crippen LogP contribution in [0, 0.1) is 5.92 Å². The first kappa shape index (κ1) is 9.23. The Hall–Kier alpha value is 0.140. The minimum atomic E-state index is -4.00. The molecular formula is C7H11F3S. The molecule has 1 unspecified atom stereocenters. The zero-order valence-corrected chi connectivity index (χ0v) is 6.96. The van der Waals surface area contributed by atoms with Gasteiger partial charge >= 0.3 is 6.18 Å². The van der Waals surface area contributed by atoms with Crippen molar-refractivity contribution in [3.63, 3.8) is 0 Å². The van der Waals surface area contributed by atoms with Crippen LogP contribution < -0.4 is 0 Å². The van der Waals surface area contributed by atoms with Crippen LogP contribution in [0.25, 0.3) is 0 Å². The van der Waals surface area contributed by atoms with Crippen molar-refractivity contribution in [2.75, 3.05) is 0 Å². The molecule has 1 fully saturated rings. The lowest BCUT2D eigenvalue weighted by atomic mass is 9.88. The molecule has 1 rings (SSSR count). The molecule has 0 bridgehead atoms. The summed E-state index contributed by atoms with van der Waals surface area (Å²) in [5.41, 5.74) is 0. The summed E-state index contributed by atoms with van der Waals surface area (Å²) in [5.74, 6) is -1.10. The molecule has 4 heteroatoms. The van der Waals surface area contributed by atoms with Gasteiger partial charge in [0.1, 0.15) is 0 Å². The predicted octanol–water partition coefficient (Wildman–Crippen LogP) is 3.04. The van der Waals surface area contributed by atoms with Gasteiger partial charge < -0.3 is 0 Å². The SMILES string of the molecule is FC(F)(F)[C@H]1CCCC(S)C1. The topological polar surface area (TPSA) is 0 Å². The number of hydrogen-bond acceptors (Lipinski definition) is 1.